The molecule has 0 amide bonds. The second-order valence-corrected chi connectivity index (χ2v) is 6.20. The summed E-state index contributed by atoms with van der Waals surface area (Å²) in [6.45, 7) is 4.24. The van der Waals surface area contributed by atoms with Gasteiger partial charge >= 0.3 is 5.97 Å². The summed E-state index contributed by atoms with van der Waals surface area (Å²) in [6, 6.07) is 6.07. The number of hydrogen-bond acceptors (Lipinski definition) is 3. The molecule has 1 aliphatic carbocycles. The molecule has 110 valence electrons. The van der Waals surface area contributed by atoms with E-state index in [0.717, 1.165) is 34.3 Å². The molecule has 0 atom stereocenters. The number of benzene rings is 1. The van der Waals surface area contributed by atoms with Gasteiger partial charge < -0.3 is 4.74 Å². The molecule has 4 nitrogen and oxygen atoms in total. The lowest BCUT2D eigenvalue weighted by molar-refractivity contribution is 0.0525. The number of aryl methyl sites for hydroxylation is 1. The van der Waals surface area contributed by atoms with Gasteiger partial charge in [-0.15, -0.1) is 0 Å². The third-order valence-corrected chi connectivity index (χ3v) is 4.15. The highest BCUT2D eigenvalue weighted by Crippen LogP contribution is 2.43. The third kappa shape index (κ3) is 2.75. The Kier molecular flexibility index (Phi) is 3.85. The fraction of sp³-hybridized carbons (Fsp3) is 0.375. The van der Waals surface area contributed by atoms with Crippen molar-refractivity contribution in [2.24, 2.45) is 0 Å². The van der Waals surface area contributed by atoms with Crippen molar-refractivity contribution in [3.05, 3.63) is 45.7 Å². The van der Waals surface area contributed by atoms with E-state index >= 15 is 0 Å². The standard InChI is InChI=1S/C16H17BrN2O2/c1-3-21-16(20)13-9-18-19(15(13)11-4-5-11)14-7-6-12(17)8-10(14)2/h6-9,11H,3-5H2,1-2H3. The monoisotopic (exact) mass is 348 g/mol. The molecule has 1 aromatic heterocycles. The first-order chi connectivity index (χ1) is 10.1. The summed E-state index contributed by atoms with van der Waals surface area (Å²) < 4.78 is 8.08. The fourth-order valence-corrected chi connectivity index (χ4v) is 3.00. The predicted molar refractivity (Wildman–Crippen MR) is 83.9 cm³/mol. The van der Waals surface area contributed by atoms with Crippen molar-refractivity contribution in [1.29, 1.82) is 0 Å². The Morgan fingerprint density at radius 2 is 2.24 bits per heavy atom. The van der Waals surface area contributed by atoms with E-state index in [2.05, 4.69) is 27.1 Å². The van der Waals surface area contributed by atoms with Crippen molar-refractivity contribution in [1.82, 2.24) is 9.78 Å². The molecule has 0 bridgehead atoms. The second-order valence-electron chi connectivity index (χ2n) is 5.28. The maximum atomic E-state index is 12.1. The van der Waals surface area contributed by atoms with E-state index < -0.39 is 0 Å². The Morgan fingerprint density at radius 1 is 1.48 bits per heavy atom. The summed E-state index contributed by atoms with van der Waals surface area (Å²) >= 11 is 3.47. The number of aromatic nitrogens is 2. The molecule has 1 fully saturated rings. The highest BCUT2D eigenvalue weighted by atomic mass is 79.9. The minimum Gasteiger partial charge on any atom is -0.462 e. The van der Waals surface area contributed by atoms with Gasteiger partial charge in [-0.05, 0) is 50.5 Å². The smallest absolute Gasteiger partial charge is 0.341 e. The molecule has 1 aromatic carbocycles. The van der Waals surface area contributed by atoms with Gasteiger partial charge in [0.15, 0.2) is 0 Å². The van der Waals surface area contributed by atoms with Crippen LogP contribution in [0.4, 0.5) is 0 Å². The second kappa shape index (κ2) is 5.64. The third-order valence-electron chi connectivity index (χ3n) is 3.65. The van der Waals surface area contributed by atoms with E-state index in [1.54, 1.807) is 6.20 Å². The number of carbonyl (C=O) groups excluding carboxylic acids is 1. The number of esters is 1. The summed E-state index contributed by atoms with van der Waals surface area (Å²) in [7, 11) is 0. The summed E-state index contributed by atoms with van der Waals surface area (Å²) in [5.41, 5.74) is 3.71. The molecule has 2 aromatic rings. The molecular formula is C16H17BrN2O2. The van der Waals surface area contributed by atoms with Crippen molar-refractivity contribution in [2.75, 3.05) is 6.61 Å². The van der Waals surface area contributed by atoms with Crippen LogP contribution in [0.15, 0.2) is 28.9 Å². The normalized spacial score (nSPS) is 14.2. The van der Waals surface area contributed by atoms with Crippen LogP contribution in [0.2, 0.25) is 0 Å². The molecule has 5 heteroatoms. The zero-order chi connectivity index (χ0) is 15.0. The Morgan fingerprint density at radius 3 is 2.86 bits per heavy atom. The van der Waals surface area contributed by atoms with E-state index in [1.165, 1.54) is 0 Å². The lowest BCUT2D eigenvalue weighted by Crippen LogP contribution is -2.09. The first-order valence-corrected chi connectivity index (χ1v) is 7.92. The van der Waals surface area contributed by atoms with Gasteiger partial charge in [0.1, 0.15) is 5.56 Å². The Bertz CT molecular complexity index is 690. The zero-order valence-electron chi connectivity index (χ0n) is 12.1. The van der Waals surface area contributed by atoms with Gasteiger partial charge in [-0.25, -0.2) is 9.48 Å². The topological polar surface area (TPSA) is 44.1 Å². The molecule has 1 aliphatic rings. The van der Waals surface area contributed by atoms with Crippen LogP contribution >= 0.6 is 15.9 Å². The number of rotatable bonds is 4. The molecule has 1 saturated carbocycles. The van der Waals surface area contributed by atoms with Crippen LogP contribution in [0, 0.1) is 6.92 Å². The van der Waals surface area contributed by atoms with E-state index in [9.17, 15) is 4.79 Å². The quantitative estimate of drug-likeness (QED) is 0.784. The minimum absolute atomic E-state index is 0.277. The summed E-state index contributed by atoms with van der Waals surface area (Å²) in [6.07, 6.45) is 3.84. The largest absolute Gasteiger partial charge is 0.462 e. The molecule has 0 spiro atoms. The first kappa shape index (κ1) is 14.3. The van der Waals surface area contributed by atoms with Gasteiger partial charge in [0.2, 0.25) is 0 Å². The maximum absolute atomic E-state index is 12.1. The molecule has 0 radical (unpaired) electrons. The molecule has 0 saturated heterocycles. The minimum atomic E-state index is -0.277. The van der Waals surface area contributed by atoms with Gasteiger partial charge in [0, 0.05) is 10.4 Å². The highest BCUT2D eigenvalue weighted by Gasteiger charge is 2.33. The maximum Gasteiger partial charge on any atom is 0.341 e. The molecule has 1 heterocycles. The van der Waals surface area contributed by atoms with Crippen LogP contribution in [-0.2, 0) is 4.74 Å². The lowest BCUT2D eigenvalue weighted by atomic mass is 10.1. The Hall–Kier alpha value is -1.62. The molecular weight excluding hydrogens is 332 g/mol. The SMILES string of the molecule is CCOC(=O)c1cnn(-c2ccc(Br)cc2C)c1C1CC1. The van der Waals surface area contributed by atoms with Gasteiger partial charge in [0.25, 0.3) is 0 Å². The molecule has 3 rings (SSSR count). The van der Waals surface area contributed by atoms with Crippen molar-refractivity contribution in [3.8, 4) is 5.69 Å². The van der Waals surface area contributed by atoms with Crippen LogP contribution in [0.1, 0.15) is 47.3 Å². The van der Waals surface area contributed by atoms with Crippen molar-refractivity contribution in [3.63, 3.8) is 0 Å². The lowest BCUT2D eigenvalue weighted by Gasteiger charge is -2.11. The highest BCUT2D eigenvalue weighted by molar-refractivity contribution is 9.10. The van der Waals surface area contributed by atoms with E-state index in [0.29, 0.717) is 18.1 Å². The fourth-order valence-electron chi connectivity index (χ4n) is 2.52. The first-order valence-electron chi connectivity index (χ1n) is 7.13. The summed E-state index contributed by atoms with van der Waals surface area (Å²) in [5, 5.41) is 4.44. The number of ether oxygens (including phenoxy) is 1. The van der Waals surface area contributed by atoms with Crippen molar-refractivity contribution >= 4 is 21.9 Å². The van der Waals surface area contributed by atoms with E-state index in [-0.39, 0.29) is 5.97 Å². The average Bonchev–Trinajstić information content (AvgIpc) is 3.18. The van der Waals surface area contributed by atoms with E-state index in [4.69, 9.17) is 4.74 Å². The zero-order valence-corrected chi connectivity index (χ0v) is 13.7. The van der Waals surface area contributed by atoms with Gasteiger partial charge in [0.05, 0.1) is 24.2 Å². The van der Waals surface area contributed by atoms with Crippen molar-refractivity contribution in [2.45, 2.75) is 32.6 Å². The van der Waals surface area contributed by atoms with Crippen LogP contribution in [0.5, 0.6) is 0 Å². The Labute approximate surface area is 132 Å². The van der Waals surface area contributed by atoms with Crippen LogP contribution in [-0.4, -0.2) is 22.4 Å². The molecule has 0 N–H and O–H groups in total. The van der Waals surface area contributed by atoms with E-state index in [1.807, 2.05) is 30.7 Å². The number of carbonyl (C=O) groups is 1. The molecule has 0 aliphatic heterocycles. The van der Waals surface area contributed by atoms with Crippen LogP contribution < -0.4 is 0 Å². The van der Waals surface area contributed by atoms with Crippen LogP contribution in [0.3, 0.4) is 0 Å². The summed E-state index contributed by atoms with van der Waals surface area (Å²) in [5.74, 6) is 0.135. The van der Waals surface area contributed by atoms with Crippen LogP contribution in [0.25, 0.3) is 5.69 Å². The average molecular weight is 349 g/mol. The predicted octanol–water partition coefficient (Wildman–Crippen LogP) is 4.00. The number of halogens is 1. The Balaban J connectivity index is 2.08. The number of hydrogen-bond donors (Lipinski definition) is 0. The number of nitrogens with zero attached hydrogens (tertiary/aromatic N) is 2. The van der Waals surface area contributed by atoms with Gasteiger partial charge in [-0.1, -0.05) is 15.9 Å². The van der Waals surface area contributed by atoms with Gasteiger partial charge in [-0.2, -0.15) is 5.10 Å². The molecule has 21 heavy (non-hydrogen) atoms. The van der Waals surface area contributed by atoms with Gasteiger partial charge in [-0.3, -0.25) is 0 Å². The van der Waals surface area contributed by atoms with Crippen molar-refractivity contribution < 1.29 is 9.53 Å². The summed E-state index contributed by atoms with van der Waals surface area (Å²) in [4.78, 5) is 12.1. The molecule has 0 unspecified atom stereocenters.